The van der Waals surface area contributed by atoms with Crippen molar-refractivity contribution < 1.29 is 19.4 Å². The van der Waals surface area contributed by atoms with Crippen LogP contribution in [-0.4, -0.2) is 43.7 Å². The average molecular weight is 391 g/mol. The van der Waals surface area contributed by atoms with E-state index in [-0.39, 0.29) is 12.5 Å². The number of nitrogens with zero attached hydrogens (tertiary/aromatic N) is 1. The van der Waals surface area contributed by atoms with Crippen LogP contribution in [0.2, 0.25) is 0 Å². The van der Waals surface area contributed by atoms with Gasteiger partial charge in [0.25, 0.3) is 5.91 Å². The largest absolute Gasteiger partial charge is 0.497 e. The van der Waals surface area contributed by atoms with Crippen LogP contribution in [0, 0.1) is 0 Å². The number of hydrogen-bond donors (Lipinski definition) is 1. The molecule has 29 heavy (non-hydrogen) atoms. The zero-order chi connectivity index (χ0) is 20.8. The number of aliphatic hydroxyl groups excluding tert-OH is 1. The Kier molecular flexibility index (Phi) is 6.52. The molecule has 1 amide bonds. The summed E-state index contributed by atoms with van der Waals surface area (Å²) in [5.74, 6) is 1.19. The van der Waals surface area contributed by atoms with Crippen LogP contribution >= 0.6 is 0 Å². The quantitative estimate of drug-likeness (QED) is 0.657. The van der Waals surface area contributed by atoms with Gasteiger partial charge in [-0.1, -0.05) is 42.5 Å². The molecule has 5 heteroatoms. The van der Waals surface area contributed by atoms with Crippen molar-refractivity contribution in [3.05, 3.63) is 83.9 Å². The first-order valence-electron chi connectivity index (χ1n) is 9.34. The molecule has 0 aliphatic heterocycles. The van der Waals surface area contributed by atoms with Crippen molar-refractivity contribution in [1.82, 2.24) is 4.90 Å². The lowest BCUT2D eigenvalue weighted by Crippen LogP contribution is -2.31. The molecule has 0 bridgehead atoms. The van der Waals surface area contributed by atoms with Gasteiger partial charge in [-0.3, -0.25) is 4.79 Å². The van der Waals surface area contributed by atoms with Crippen LogP contribution in [0.4, 0.5) is 0 Å². The average Bonchev–Trinajstić information content (AvgIpc) is 2.78. The van der Waals surface area contributed by atoms with E-state index in [2.05, 4.69) is 0 Å². The third-order valence-electron chi connectivity index (χ3n) is 4.80. The van der Waals surface area contributed by atoms with Gasteiger partial charge in [-0.15, -0.1) is 0 Å². The third-order valence-corrected chi connectivity index (χ3v) is 4.80. The number of methoxy groups -OCH3 is 2. The second kappa shape index (κ2) is 9.26. The fourth-order valence-corrected chi connectivity index (χ4v) is 3.20. The molecule has 0 saturated carbocycles. The summed E-state index contributed by atoms with van der Waals surface area (Å²) in [6.07, 6.45) is -0.814. The zero-order valence-corrected chi connectivity index (χ0v) is 16.8. The number of benzene rings is 3. The van der Waals surface area contributed by atoms with Gasteiger partial charge in [0.15, 0.2) is 0 Å². The van der Waals surface area contributed by atoms with Crippen LogP contribution in [0.15, 0.2) is 72.8 Å². The molecule has 1 atom stereocenters. The van der Waals surface area contributed by atoms with Crippen molar-refractivity contribution in [2.24, 2.45) is 0 Å². The second-order valence-electron chi connectivity index (χ2n) is 6.76. The SMILES string of the molecule is COc1cccc(C(O)CN(C)C(=O)c2ccc(OC)c(-c3ccccc3)c2)c1. The number of ether oxygens (including phenoxy) is 2. The number of carbonyl (C=O) groups excluding carboxylic acids is 1. The molecule has 0 aromatic heterocycles. The summed E-state index contributed by atoms with van der Waals surface area (Å²) in [6.45, 7) is 0.165. The molecule has 0 aliphatic rings. The monoisotopic (exact) mass is 391 g/mol. The summed E-state index contributed by atoms with van der Waals surface area (Å²) in [5.41, 5.74) is 3.05. The van der Waals surface area contributed by atoms with Crippen LogP contribution in [0.25, 0.3) is 11.1 Å². The molecule has 5 nitrogen and oxygen atoms in total. The van der Waals surface area contributed by atoms with Gasteiger partial charge >= 0.3 is 0 Å². The van der Waals surface area contributed by atoms with E-state index in [1.165, 1.54) is 4.90 Å². The molecule has 3 rings (SSSR count). The Morgan fingerprint density at radius 1 is 0.966 bits per heavy atom. The lowest BCUT2D eigenvalue weighted by atomic mass is 10.0. The third kappa shape index (κ3) is 4.76. The highest BCUT2D eigenvalue weighted by atomic mass is 16.5. The molecule has 1 N–H and O–H groups in total. The Labute approximate surface area is 171 Å². The van der Waals surface area contributed by atoms with Crippen molar-refractivity contribution in [2.75, 3.05) is 27.8 Å². The summed E-state index contributed by atoms with van der Waals surface area (Å²) in [6, 6.07) is 22.3. The second-order valence-corrected chi connectivity index (χ2v) is 6.76. The van der Waals surface area contributed by atoms with E-state index in [0.29, 0.717) is 22.6 Å². The molecule has 1 unspecified atom stereocenters. The molecule has 0 spiro atoms. The minimum Gasteiger partial charge on any atom is -0.497 e. The number of amides is 1. The van der Waals surface area contributed by atoms with E-state index in [9.17, 15) is 9.90 Å². The Bertz CT molecular complexity index is 972. The highest BCUT2D eigenvalue weighted by Crippen LogP contribution is 2.31. The van der Waals surface area contributed by atoms with Gasteiger partial charge in [-0.05, 0) is 41.5 Å². The molecule has 3 aromatic rings. The number of likely N-dealkylation sites (N-methyl/N-ethyl adjacent to an activating group) is 1. The Morgan fingerprint density at radius 3 is 2.41 bits per heavy atom. The fourth-order valence-electron chi connectivity index (χ4n) is 3.20. The maximum atomic E-state index is 13.0. The smallest absolute Gasteiger partial charge is 0.253 e. The number of hydrogen-bond acceptors (Lipinski definition) is 4. The molecule has 3 aromatic carbocycles. The van der Waals surface area contributed by atoms with Crippen molar-refractivity contribution in [1.29, 1.82) is 0 Å². The predicted octanol–water partition coefficient (Wildman–Crippen LogP) is 4.18. The Balaban J connectivity index is 1.80. The highest BCUT2D eigenvalue weighted by Gasteiger charge is 2.19. The first kappa shape index (κ1) is 20.4. The van der Waals surface area contributed by atoms with Crippen LogP contribution in [-0.2, 0) is 0 Å². The molecular weight excluding hydrogens is 366 g/mol. The van der Waals surface area contributed by atoms with Crippen molar-refractivity contribution in [3.63, 3.8) is 0 Å². The summed E-state index contributed by atoms with van der Waals surface area (Å²) in [7, 11) is 4.87. The predicted molar refractivity (Wildman–Crippen MR) is 113 cm³/mol. The molecule has 0 fully saturated rings. The normalized spacial score (nSPS) is 11.6. The lowest BCUT2D eigenvalue weighted by molar-refractivity contribution is 0.0681. The van der Waals surface area contributed by atoms with E-state index in [4.69, 9.17) is 9.47 Å². The van der Waals surface area contributed by atoms with Gasteiger partial charge in [0.1, 0.15) is 11.5 Å². The van der Waals surface area contributed by atoms with E-state index < -0.39 is 6.10 Å². The molecule has 150 valence electrons. The van der Waals surface area contributed by atoms with Crippen LogP contribution in [0.3, 0.4) is 0 Å². The summed E-state index contributed by atoms with van der Waals surface area (Å²) < 4.78 is 10.7. The summed E-state index contributed by atoms with van der Waals surface area (Å²) in [4.78, 5) is 14.5. The molecule has 0 heterocycles. The van der Waals surface area contributed by atoms with E-state index in [0.717, 1.165) is 11.1 Å². The van der Waals surface area contributed by atoms with Gasteiger partial charge in [0, 0.05) is 18.2 Å². The van der Waals surface area contributed by atoms with E-state index in [1.807, 2.05) is 54.6 Å². The zero-order valence-electron chi connectivity index (χ0n) is 16.8. The lowest BCUT2D eigenvalue weighted by Gasteiger charge is -2.22. The minimum absolute atomic E-state index is 0.165. The number of rotatable bonds is 7. The van der Waals surface area contributed by atoms with Crippen LogP contribution in [0.5, 0.6) is 11.5 Å². The number of carbonyl (C=O) groups is 1. The van der Waals surface area contributed by atoms with Crippen molar-refractivity contribution >= 4 is 5.91 Å². The van der Waals surface area contributed by atoms with Crippen LogP contribution < -0.4 is 9.47 Å². The van der Waals surface area contributed by atoms with Crippen LogP contribution in [0.1, 0.15) is 22.0 Å². The molecule has 0 aliphatic carbocycles. The van der Waals surface area contributed by atoms with Gasteiger partial charge in [0.2, 0.25) is 0 Å². The summed E-state index contributed by atoms with van der Waals surface area (Å²) >= 11 is 0. The van der Waals surface area contributed by atoms with Crippen molar-refractivity contribution in [3.8, 4) is 22.6 Å². The molecule has 0 saturated heterocycles. The van der Waals surface area contributed by atoms with Gasteiger partial charge in [0.05, 0.1) is 26.9 Å². The standard InChI is InChI=1S/C24H25NO4/c1-25(16-22(26)18-10-7-11-20(14-18)28-2)24(27)19-12-13-23(29-3)21(15-19)17-8-5-4-6-9-17/h4-15,22,26H,16H2,1-3H3. The first-order valence-corrected chi connectivity index (χ1v) is 9.34. The summed E-state index contributed by atoms with van der Waals surface area (Å²) in [5, 5.41) is 10.6. The number of aliphatic hydroxyl groups is 1. The highest BCUT2D eigenvalue weighted by molar-refractivity contribution is 5.96. The fraction of sp³-hybridized carbons (Fsp3) is 0.208. The maximum absolute atomic E-state index is 13.0. The van der Waals surface area contributed by atoms with E-state index >= 15 is 0 Å². The van der Waals surface area contributed by atoms with Gasteiger partial charge in [-0.2, -0.15) is 0 Å². The molecular formula is C24H25NO4. The Hall–Kier alpha value is -3.31. The van der Waals surface area contributed by atoms with Crippen molar-refractivity contribution in [2.45, 2.75) is 6.10 Å². The minimum atomic E-state index is -0.814. The Morgan fingerprint density at radius 2 is 1.72 bits per heavy atom. The maximum Gasteiger partial charge on any atom is 0.253 e. The van der Waals surface area contributed by atoms with Gasteiger partial charge < -0.3 is 19.5 Å². The van der Waals surface area contributed by atoms with Gasteiger partial charge in [-0.25, -0.2) is 0 Å². The topological polar surface area (TPSA) is 59.0 Å². The molecule has 0 radical (unpaired) electrons. The first-order chi connectivity index (χ1) is 14.0. The van der Waals surface area contributed by atoms with E-state index in [1.54, 1.807) is 39.5 Å².